The Labute approximate surface area is 110 Å². The zero-order valence-corrected chi connectivity index (χ0v) is 12.0. The molecule has 2 aliphatic rings. The summed E-state index contributed by atoms with van der Waals surface area (Å²) >= 11 is 0. The van der Waals surface area contributed by atoms with E-state index >= 15 is 0 Å². The number of aromatic amines is 1. The smallest absolute Gasteiger partial charge is 0.0925 e. The molecule has 100 valence electrons. The number of hydrogen-bond acceptors (Lipinski definition) is 2. The van der Waals surface area contributed by atoms with E-state index in [0.717, 1.165) is 18.2 Å². The van der Waals surface area contributed by atoms with E-state index in [1.54, 1.807) is 6.33 Å². The first-order valence-electron chi connectivity index (χ1n) is 7.16. The van der Waals surface area contributed by atoms with Crippen molar-refractivity contribution in [2.24, 2.45) is 16.7 Å². The summed E-state index contributed by atoms with van der Waals surface area (Å²) in [6.45, 7) is 10.3. The molecule has 2 bridgehead atoms. The summed E-state index contributed by atoms with van der Waals surface area (Å²) in [5, 5.41) is 3.80. The molecule has 0 amide bonds. The second-order valence-electron chi connectivity index (χ2n) is 7.20. The Morgan fingerprint density at radius 2 is 2.22 bits per heavy atom. The van der Waals surface area contributed by atoms with Crippen LogP contribution in [0.15, 0.2) is 6.33 Å². The predicted molar refractivity (Wildman–Crippen MR) is 73.2 cm³/mol. The Kier molecular flexibility index (Phi) is 2.60. The fraction of sp³-hybridized carbons (Fsp3) is 0.800. The van der Waals surface area contributed by atoms with Crippen LogP contribution in [0.1, 0.15) is 51.4 Å². The topological polar surface area (TPSA) is 40.7 Å². The Morgan fingerprint density at radius 3 is 2.78 bits per heavy atom. The van der Waals surface area contributed by atoms with Crippen molar-refractivity contribution in [3.63, 3.8) is 0 Å². The second kappa shape index (κ2) is 3.83. The van der Waals surface area contributed by atoms with Gasteiger partial charge in [0.1, 0.15) is 0 Å². The fourth-order valence-corrected chi connectivity index (χ4v) is 4.58. The summed E-state index contributed by atoms with van der Waals surface area (Å²) in [7, 11) is 0. The van der Waals surface area contributed by atoms with Crippen LogP contribution in [0.2, 0.25) is 0 Å². The van der Waals surface area contributed by atoms with Gasteiger partial charge in [0.2, 0.25) is 0 Å². The van der Waals surface area contributed by atoms with Crippen molar-refractivity contribution in [3.05, 3.63) is 17.7 Å². The van der Waals surface area contributed by atoms with Crippen molar-refractivity contribution in [2.75, 3.05) is 0 Å². The van der Waals surface area contributed by atoms with Crippen molar-refractivity contribution >= 4 is 0 Å². The first-order valence-corrected chi connectivity index (χ1v) is 7.16. The number of hydrogen-bond donors (Lipinski definition) is 2. The average molecular weight is 247 g/mol. The third-order valence-electron chi connectivity index (χ3n) is 5.68. The number of imidazole rings is 1. The average Bonchev–Trinajstić information content (AvgIpc) is 2.90. The lowest BCUT2D eigenvalue weighted by Gasteiger charge is -2.43. The molecule has 2 N–H and O–H groups in total. The Morgan fingerprint density at radius 1 is 1.44 bits per heavy atom. The van der Waals surface area contributed by atoms with E-state index in [4.69, 9.17) is 0 Å². The van der Waals surface area contributed by atoms with E-state index in [0.29, 0.717) is 16.9 Å². The number of aryl methyl sites for hydroxylation is 1. The lowest BCUT2D eigenvalue weighted by atomic mass is 9.68. The van der Waals surface area contributed by atoms with Gasteiger partial charge in [0.05, 0.1) is 12.0 Å². The van der Waals surface area contributed by atoms with Crippen molar-refractivity contribution in [2.45, 2.75) is 59.5 Å². The summed E-state index contributed by atoms with van der Waals surface area (Å²) in [5.41, 5.74) is 3.28. The summed E-state index contributed by atoms with van der Waals surface area (Å²) in [6.07, 6.45) is 6.00. The van der Waals surface area contributed by atoms with Gasteiger partial charge in [-0.2, -0.15) is 0 Å². The highest BCUT2D eigenvalue weighted by Crippen LogP contribution is 2.62. The molecule has 0 radical (unpaired) electrons. The van der Waals surface area contributed by atoms with Gasteiger partial charge < -0.3 is 10.3 Å². The van der Waals surface area contributed by atoms with Crippen molar-refractivity contribution in [1.29, 1.82) is 0 Å². The molecule has 3 atom stereocenters. The van der Waals surface area contributed by atoms with Gasteiger partial charge in [0, 0.05) is 18.3 Å². The standard InChI is InChI=1S/C15H25N3/c1-10-12(18-9-17-10)8-16-13-14(2,3)11-5-6-15(13,4)7-11/h9,11,13,16H,5-8H2,1-4H3,(H,17,18). The van der Waals surface area contributed by atoms with Gasteiger partial charge in [-0.3, -0.25) is 0 Å². The van der Waals surface area contributed by atoms with Gasteiger partial charge >= 0.3 is 0 Å². The molecule has 3 heteroatoms. The largest absolute Gasteiger partial charge is 0.348 e. The molecule has 0 saturated heterocycles. The highest BCUT2D eigenvalue weighted by atomic mass is 15.0. The molecule has 0 aliphatic heterocycles. The van der Waals surface area contributed by atoms with Crippen LogP contribution in [0, 0.1) is 23.7 Å². The van der Waals surface area contributed by atoms with E-state index in [2.05, 4.69) is 43.0 Å². The summed E-state index contributed by atoms with van der Waals surface area (Å²) in [6, 6.07) is 0.625. The highest BCUT2D eigenvalue weighted by molar-refractivity contribution is 5.14. The highest BCUT2D eigenvalue weighted by Gasteiger charge is 2.58. The normalized spacial score (nSPS) is 37.3. The quantitative estimate of drug-likeness (QED) is 0.862. The van der Waals surface area contributed by atoms with Gasteiger partial charge in [0.25, 0.3) is 0 Å². The number of nitrogens with one attached hydrogen (secondary N) is 2. The van der Waals surface area contributed by atoms with Gasteiger partial charge in [-0.25, -0.2) is 4.98 Å². The van der Waals surface area contributed by atoms with Crippen LogP contribution in [0.25, 0.3) is 0 Å². The first-order chi connectivity index (χ1) is 8.43. The maximum Gasteiger partial charge on any atom is 0.0925 e. The number of aromatic nitrogens is 2. The second-order valence-corrected chi connectivity index (χ2v) is 7.20. The van der Waals surface area contributed by atoms with E-state index in [1.165, 1.54) is 25.0 Å². The minimum atomic E-state index is 0.428. The van der Waals surface area contributed by atoms with Crippen LogP contribution in [0.5, 0.6) is 0 Å². The molecular weight excluding hydrogens is 222 g/mol. The molecule has 2 aliphatic carbocycles. The lowest BCUT2D eigenvalue weighted by Crippen LogP contribution is -2.50. The minimum absolute atomic E-state index is 0.428. The third-order valence-corrected chi connectivity index (χ3v) is 5.68. The van der Waals surface area contributed by atoms with Gasteiger partial charge in [-0.1, -0.05) is 20.8 Å². The van der Waals surface area contributed by atoms with E-state index in [1.807, 2.05) is 0 Å². The summed E-state index contributed by atoms with van der Waals surface area (Å²) in [4.78, 5) is 7.55. The van der Waals surface area contributed by atoms with Crippen molar-refractivity contribution in [1.82, 2.24) is 15.3 Å². The van der Waals surface area contributed by atoms with Crippen LogP contribution in [0.4, 0.5) is 0 Å². The minimum Gasteiger partial charge on any atom is -0.348 e. The maximum absolute atomic E-state index is 4.39. The zero-order valence-electron chi connectivity index (χ0n) is 12.0. The molecular formula is C15H25N3. The molecule has 1 aromatic heterocycles. The summed E-state index contributed by atoms with van der Waals surface area (Å²) in [5.74, 6) is 0.903. The van der Waals surface area contributed by atoms with Crippen LogP contribution >= 0.6 is 0 Å². The van der Waals surface area contributed by atoms with Gasteiger partial charge in [-0.15, -0.1) is 0 Å². The first kappa shape index (κ1) is 12.2. The monoisotopic (exact) mass is 247 g/mol. The third kappa shape index (κ3) is 1.63. The van der Waals surface area contributed by atoms with Gasteiger partial charge in [-0.05, 0) is 42.9 Å². The van der Waals surface area contributed by atoms with Crippen molar-refractivity contribution < 1.29 is 0 Å². The van der Waals surface area contributed by atoms with Crippen LogP contribution in [-0.4, -0.2) is 16.0 Å². The molecule has 2 saturated carbocycles. The number of fused-ring (bicyclic) bond motifs is 2. The summed E-state index contributed by atoms with van der Waals surface area (Å²) < 4.78 is 0. The van der Waals surface area contributed by atoms with Crippen LogP contribution < -0.4 is 5.32 Å². The SMILES string of the molecule is Cc1[nH]cnc1CNC1C2(C)CCC(C2)C1(C)C. The number of nitrogens with zero attached hydrogens (tertiary/aromatic N) is 1. The zero-order chi connectivity index (χ0) is 13.0. The number of rotatable bonds is 3. The van der Waals surface area contributed by atoms with E-state index in [-0.39, 0.29) is 0 Å². The molecule has 3 rings (SSSR count). The molecule has 18 heavy (non-hydrogen) atoms. The van der Waals surface area contributed by atoms with Crippen LogP contribution in [-0.2, 0) is 6.54 Å². The molecule has 2 fully saturated rings. The Balaban J connectivity index is 1.74. The molecule has 3 unspecified atom stereocenters. The Hall–Kier alpha value is -0.830. The number of H-pyrrole nitrogens is 1. The molecule has 1 aromatic rings. The maximum atomic E-state index is 4.39. The van der Waals surface area contributed by atoms with Gasteiger partial charge in [0.15, 0.2) is 0 Å². The van der Waals surface area contributed by atoms with E-state index < -0.39 is 0 Å². The molecule has 3 nitrogen and oxygen atoms in total. The predicted octanol–water partition coefficient (Wildman–Crippen LogP) is 3.02. The lowest BCUT2D eigenvalue weighted by molar-refractivity contribution is 0.107. The molecule has 0 aromatic carbocycles. The molecule has 0 spiro atoms. The fourth-order valence-electron chi connectivity index (χ4n) is 4.58. The van der Waals surface area contributed by atoms with E-state index in [9.17, 15) is 0 Å². The molecule has 1 heterocycles. The van der Waals surface area contributed by atoms with Crippen molar-refractivity contribution in [3.8, 4) is 0 Å². The Bertz CT molecular complexity index is 444. The van der Waals surface area contributed by atoms with Crippen LogP contribution in [0.3, 0.4) is 0 Å².